The molecule has 0 radical (unpaired) electrons. The van der Waals surface area contributed by atoms with Crippen LogP contribution in [-0.2, 0) is 14.3 Å². The summed E-state index contributed by atoms with van der Waals surface area (Å²) in [5.41, 5.74) is 0.911. The van der Waals surface area contributed by atoms with Crippen molar-refractivity contribution in [2.75, 3.05) is 26.3 Å². The lowest BCUT2D eigenvalue weighted by atomic mass is 9.80. The third kappa shape index (κ3) is 4.19. The molecule has 6 heteroatoms. The first-order chi connectivity index (χ1) is 12.1. The van der Waals surface area contributed by atoms with Gasteiger partial charge < -0.3 is 19.5 Å². The van der Waals surface area contributed by atoms with Crippen molar-refractivity contribution in [3.63, 3.8) is 0 Å². The van der Waals surface area contributed by atoms with Crippen LogP contribution in [-0.4, -0.2) is 48.5 Å². The van der Waals surface area contributed by atoms with Gasteiger partial charge in [0, 0.05) is 38.1 Å². The Labute approximate surface area is 147 Å². The maximum Gasteiger partial charge on any atom is 0.288 e. The fourth-order valence-corrected chi connectivity index (χ4v) is 3.23. The number of benzene rings is 1. The Bertz CT molecular complexity index is 627. The summed E-state index contributed by atoms with van der Waals surface area (Å²) in [7, 11) is 0. The van der Waals surface area contributed by atoms with Gasteiger partial charge >= 0.3 is 0 Å². The average Bonchev–Trinajstić information content (AvgIpc) is 3.45. The van der Waals surface area contributed by atoms with Crippen LogP contribution in [0.1, 0.15) is 31.2 Å². The summed E-state index contributed by atoms with van der Waals surface area (Å²) in [6, 6.07) is 6.30. The van der Waals surface area contributed by atoms with Crippen LogP contribution in [0.4, 0.5) is 4.39 Å². The van der Waals surface area contributed by atoms with Gasteiger partial charge in [-0.1, -0.05) is 12.1 Å². The smallest absolute Gasteiger partial charge is 0.288 e. The van der Waals surface area contributed by atoms with Crippen molar-refractivity contribution in [1.29, 1.82) is 0 Å². The van der Waals surface area contributed by atoms with Gasteiger partial charge in [-0.3, -0.25) is 4.79 Å². The lowest BCUT2D eigenvalue weighted by Crippen LogP contribution is -2.37. The number of hydrogen-bond donors (Lipinski definition) is 1. The molecular formula is C19H24FNO4. The standard InChI is InChI=1S/C19H24FNO4/c1-2-24-19-15(4-3-11-22)16(13-5-7-14(20)8-6-13)12-17(25-19)18(23)21-9-10-21/h5-8,12,15-16,19,22H,2-4,9-11H2,1H3/t15-,16-,19-/m0/s1. The summed E-state index contributed by atoms with van der Waals surface area (Å²) in [5, 5.41) is 9.22. The molecule has 1 N–H and O–H groups in total. The molecule has 2 aliphatic rings. The zero-order valence-corrected chi connectivity index (χ0v) is 14.4. The van der Waals surface area contributed by atoms with E-state index in [1.54, 1.807) is 17.0 Å². The van der Waals surface area contributed by atoms with Gasteiger partial charge in [0.25, 0.3) is 5.91 Å². The molecule has 2 aliphatic heterocycles. The van der Waals surface area contributed by atoms with Crippen molar-refractivity contribution in [1.82, 2.24) is 4.90 Å². The molecule has 136 valence electrons. The number of aliphatic hydroxyl groups is 1. The van der Waals surface area contributed by atoms with Crippen molar-refractivity contribution in [2.45, 2.75) is 32.0 Å². The lowest BCUT2D eigenvalue weighted by molar-refractivity contribution is -0.168. The van der Waals surface area contributed by atoms with Crippen molar-refractivity contribution >= 4 is 5.91 Å². The molecule has 0 aliphatic carbocycles. The fraction of sp³-hybridized carbons (Fsp3) is 0.526. The Balaban J connectivity index is 1.93. The van der Waals surface area contributed by atoms with Crippen LogP contribution in [0.15, 0.2) is 36.1 Å². The zero-order chi connectivity index (χ0) is 17.8. The van der Waals surface area contributed by atoms with Gasteiger partial charge in [0.1, 0.15) is 5.82 Å². The SMILES string of the molecule is CCO[C@H]1OC(C(=O)N2CC2)=C[C@@H](c2ccc(F)cc2)[C@@H]1CCCO. The number of carbonyl (C=O) groups excluding carboxylic acids is 1. The predicted octanol–water partition coefficient (Wildman–Crippen LogP) is 2.42. The minimum absolute atomic E-state index is 0.0525. The second-order valence-electron chi connectivity index (χ2n) is 6.37. The fourth-order valence-electron chi connectivity index (χ4n) is 3.23. The third-order valence-corrected chi connectivity index (χ3v) is 4.61. The van der Waals surface area contributed by atoms with Crippen molar-refractivity contribution in [3.05, 3.63) is 47.5 Å². The Morgan fingerprint density at radius 2 is 2.08 bits per heavy atom. The minimum atomic E-state index is -0.560. The van der Waals surface area contributed by atoms with E-state index in [0.29, 0.717) is 25.2 Å². The van der Waals surface area contributed by atoms with E-state index in [1.807, 2.05) is 13.0 Å². The Morgan fingerprint density at radius 1 is 1.36 bits per heavy atom. The Morgan fingerprint density at radius 3 is 2.68 bits per heavy atom. The number of halogens is 1. The Kier molecular flexibility index (Phi) is 5.71. The van der Waals surface area contributed by atoms with Gasteiger partial charge in [-0.25, -0.2) is 4.39 Å². The summed E-state index contributed by atoms with van der Waals surface area (Å²) in [6.07, 6.45) is 2.56. The molecule has 5 nitrogen and oxygen atoms in total. The van der Waals surface area contributed by atoms with Crippen LogP contribution < -0.4 is 0 Å². The lowest BCUT2D eigenvalue weighted by Gasteiger charge is -2.37. The van der Waals surface area contributed by atoms with Gasteiger partial charge in [0.2, 0.25) is 6.29 Å². The van der Waals surface area contributed by atoms with Crippen molar-refractivity contribution in [2.24, 2.45) is 5.92 Å². The number of ether oxygens (including phenoxy) is 2. The predicted molar refractivity (Wildman–Crippen MR) is 90.1 cm³/mol. The average molecular weight is 349 g/mol. The molecule has 0 bridgehead atoms. The highest BCUT2D eigenvalue weighted by Crippen LogP contribution is 2.40. The molecule has 0 aromatic heterocycles. The highest BCUT2D eigenvalue weighted by atomic mass is 19.1. The molecular weight excluding hydrogens is 325 g/mol. The Hall–Kier alpha value is -1.92. The van der Waals surface area contributed by atoms with E-state index in [9.17, 15) is 14.3 Å². The van der Waals surface area contributed by atoms with Crippen LogP contribution >= 0.6 is 0 Å². The van der Waals surface area contributed by atoms with Gasteiger partial charge in [-0.15, -0.1) is 0 Å². The molecule has 3 atom stereocenters. The maximum absolute atomic E-state index is 13.3. The zero-order valence-electron chi connectivity index (χ0n) is 14.4. The van der Waals surface area contributed by atoms with Crippen LogP contribution in [0.3, 0.4) is 0 Å². The van der Waals surface area contributed by atoms with E-state index in [2.05, 4.69) is 0 Å². The topological polar surface area (TPSA) is 58.8 Å². The van der Waals surface area contributed by atoms with E-state index >= 15 is 0 Å². The largest absolute Gasteiger partial charge is 0.459 e. The number of allylic oxidation sites excluding steroid dienone is 1. The van der Waals surface area contributed by atoms with E-state index in [0.717, 1.165) is 18.7 Å². The first kappa shape index (κ1) is 17.9. The minimum Gasteiger partial charge on any atom is -0.459 e. The number of rotatable bonds is 7. The number of hydrogen-bond acceptors (Lipinski definition) is 4. The molecule has 1 saturated heterocycles. The highest BCUT2D eigenvalue weighted by molar-refractivity contribution is 5.93. The monoisotopic (exact) mass is 349 g/mol. The van der Waals surface area contributed by atoms with E-state index in [-0.39, 0.29) is 30.2 Å². The number of carbonyl (C=O) groups is 1. The molecule has 2 heterocycles. The van der Waals surface area contributed by atoms with Crippen molar-refractivity contribution < 1.29 is 23.8 Å². The normalized spacial score (nSPS) is 25.3. The molecule has 0 spiro atoms. The molecule has 1 fully saturated rings. The number of nitrogens with zero attached hydrogens (tertiary/aromatic N) is 1. The molecule has 1 aromatic carbocycles. The van der Waals surface area contributed by atoms with Crippen LogP contribution in [0.5, 0.6) is 0 Å². The van der Waals surface area contributed by atoms with Crippen molar-refractivity contribution in [3.8, 4) is 0 Å². The summed E-state index contributed by atoms with van der Waals surface area (Å²) in [6.45, 7) is 3.90. The number of aliphatic hydroxyl groups excluding tert-OH is 1. The number of amides is 1. The van der Waals surface area contributed by atoms with Crippen LogP contribution in [0.25, 0.3) is 0 Å². The molecule has 0 saturated carbocycles. The van der Waals surface area contributed by atoms with E-state index in [4.69, 9.17) is 9.47 Å². The quantitative estimate of drug-likeness (QED) is 0.768. The van der Waals surface area contributed by atoms with Crippen LogP contribution in [0, 0.1) is 11.7 Å². The van der Waals surface area contributed by atoms with Gasteiger partial charge in [-0.05, 0) is 43.5 Å². The van der Waals surface area contributed by atoms with Gasteiger partial charge in [0.05, 0.1) is 0 Å². The molecule has 1 aromatic rings. The molecule has 25 heavy (non-hydrogen) atoms. The van der Waals surface area contributed by atoms with Crippen LogP contribution in [0.2, 0.25) is 0 Å². The summed E-state index contributed by atoms with van der Waals surface area (Å²) in [4.78, 5) is 14.1. The first-order valence-corrected chi connectivity index (χ1v) is 8.79. The highest BCUT2D eigenvalue weighted by Gasteiger charge is 2.40. The third-order valence-electron chi connectivity index (χ3n) is 4.61. The van der Waals surface area contributed by atoms with Gasteiger partial charge in [-0.2, -0.15) is 0 Å². The summed E-state index contributed by atoms with van der Waals surface area (Å²) < 4.78 is 24.9. The molecule has 1 amide bonds. The summed E-state index contributed by atoms with van der Waals surface area (Å²) >= 11 is 0. The van der Waals surface area contributed by atoms with E-state index in [1.165, 1.54) is 12.1 Å². The van der Waals surface area contributed by atoms with Gasteiger partial charge in [0.15, 0.2) is 5.76 Å². The summed E-state index contributed by atoms with van der Waals surface area (Å²) in [5.74, 6) is -0.309. The maximum atomic E-state index is 13.3. The molecule has 3 rings (SSSR count). The second kappa shape index (κ2) is 7.97. The van der Waals surface area contributed by atoms with E-state index < -0.39 is 6.29 Å². The first-order valence-electron chi connectivity index (χ1n) is 8.79. The second-order valence-corrected chi connectivity index (χ2v) is 6.37. The molecule has 0 unspecified atom stereocenters.